The first-order chi connectivity index (χ1) is 15.0. The van der Waals surface area contributed by atoms with Crippen molar-refractivity contribution in [2.45, 2.75) is 19.9 Å². The lowest BCUT2D eigenvalue weighted by atomic mass is 9.96. The second kappa shape index (κ2) is 9.33. The SMILES string of the molecule is Cc1sc(NC(=O)c2ccccc2)c([C@@H](Nc2ccccn2)c2ccc(Cl)cc2)c1C. The summed E-state index contributed by atoms with van der Waals surface area (Å²) in [4.78, 5) is 18.5. The summed E-state index contributed by atoms with van der Waals surface area (Å²) >= 11 is 7.72. The highest BCUT2D eigenvalue weighted by Crippen LogP contribution is 2.41. The van der Waals surface area contributed by atoms with Gasteiger partial charge in [0.15, 0.2) is 0 Å². The van der Waals surface area contributed by atoms with Crippen LogP contribution in [0.4, 0.5) is 10.8 Å². The van der Waals surface area contributed by atoms with Crippen molar-refractivity contribution in [1.29, 1.82) is 0 Å². The molecule has 1 atom stereocenters. The molecule has 0 radical (unpaired) electrons. The van der Waals surface area contributed by atoms with Crippen LogP contribution in [0.5, 0.6) is 0 Å². The number of nitrogens with one attached hydrogen (secondary N) is 2. The molecule has 4 rings (SSSR count). The van der Waals surface area contributed by atoms with Crippen molar-refractivity contribution in [1.82, 2.24) is 4.98 Å². The van der Waals surface area contributed by atoms with E-state index in [9.17, 15) is 4.79 Å². The van der Waals surface area contributed by atoms with Crippen LogP contribution >= 0.6 is 22.9 Å². The van der Waals surface area contributed by atoms with E-state index in [4.69, 9.17) is 11.6 Å². The van der Waals surface area contributed by atoms with Gasteiger partial charge in [0.05, 0.1) is 6.04 Å². The zero-order chi connectivity index (χ0) is 21.8. The first-order valence-electron chi connectivity index (χ1n) is 9.92. The summed E-state index contributed by atoms with van der Waals surface area (Å²) in [5.41, 5.74) is 3.82. The van der Waals surface area contributed by atoms with Crippen LogP contribution in [0, 0.1) is 13.8 Å². The predicted octanol–water partition coefficient (Wildman–Crippen LogP) is 6.87. The molecule has 4 nitrogen and oxygen atoms in total. The lowest BCUT2D eigenvalue weighted by Crippen LogP contribution is -2.18. The molecule has 2 heterocycles. The van der Waals surface area contributed by atoms with E-state index in [1.165, 1.54) is 0 Å². The van der Waals surface area contributed by atoms with E-state index in [2.05, 4.69) is 29.5 Å². The van der Waals surface area contributed by atoms with Crippen molar-refractivity contribution >= 4 is 39.7 Å². The van der Waals surface area contributed by atoms with Gasteiger partial charge in [0, 0.05) is 27.2 Å². The molecule has 0 aliphatic heterocycles. The van der Waals surface area contributed by atoms with Crippen molar-refractivity contribution < 1.29 is 4.79 Å². The number of thiophene rings is 1. The molecule has 2 aromatic carbocycles. The zero-order valence-corrected chi connectivity index (χ0v) is 18.8. The number of rotatable bonds is 6. The van der Waals surface area contributed by atoms with Gasteiger partial charge in [-0.15, -0.1) is 11.3 Å². The third-order valence-corrected chi connectivity index (χ3v) is 6.53. The van der Waals surface area contributed by atoms with E-state index in [0.717, 1.165) is 32.4 Å². The van der Waals surface area contributed by atoms with E-state index in [0.29, 0.717) is 10.6 Å². The smallest absolute Gasteiger partial charge is 0.256 e. The second-order valence-corrected chi connectivity index (χ2v) is 8.85. The summed E-state index contributed by atoms with van der Waals surface area (Å²) in [6.45, 7) is 4.16. The van der Waals surface area contributed by atoms with Gasteiger partial charge in [-0.2, -0.15) is 0 Å². The molecule has 6 heteroatoms. The van der Waals surface area contributed by atoms with E-state index in [-0.39, 0.29) is 11.9 Å². The maximum absolute atomic E-state index is 12.9. The normalized spacial score (nSPS) is 11.7. The number of amides is 1. The summed E-state index contributed by atoms with van der Waals surface area (Å²) in [5, 5.41) is 8.17. The summed E-state index contributed by atoms with van der Waals surface area (Å²) in [6, 6.07) is 22.5. The number of nitrogens with zero attached hydrogens (tertiary/aromatic N) is 1. The molecule has 0 aliphatic carbocycles. The maximum Gasteiger partial charge on any atom is 0.256 e. The Hall–Kier alpha value is -3.15. The molecule has 156 valence electrons. The number of carbonyl (C=O) groups excluding carboxylic acids is 1. The van der Waals surface area contributed by atoms with Gasteiger partial charge in [0.25, 0.3) is 5.91 Å². The third kappa shape index (κ3) is 4.79. The molecule has 0 saturated heterocycles. The Bertz CT molecular complexity index is 1170. The van der Waals surface area contributed by atoms with Crippen LogP contribution in [0.25, 0.3) is 0 Å². The summed E-state index contributed by atoms with van der Waals surface area (Å²) in [7, 11) is 0. The Morgan fingerprint density at radius 2 is 1.68 bits per heavy atom. The Balaban J connectivity index is 1.77. The number of anilines is 2. The van der Waals surface area contributed by atoms with Crippen molar-refractivity contribution in [3.05, 3.63) is 111 Å². The average Bonchev–Trinajstić information content (AvgIpc) is 3.07. The van der Waals surface area contributed by atoms with Crippen molar-refractivity contribution in [3.8, 4) is 0 Å². The van der Waals surface area contributed by atoms with E-state index in [1.54, 1.807) is 17.5 Å². The number of aromatic nitrogens is 1. The fourth-order valence-corrected chi connectivity index (χ4v) is 4.64. The third-order valence-electron chi connectivity index (χ3n) is 5.14. The molecular weight excluding hydrogens is 426 g/mol. The summed E-state index contributed by atoms with van der Waals surface area (Å²) in [6.07, 6.45) is 1.76. The van der Waals surface area contributed by atoms with Gasteiger partial charge in [0.2, 0.25) is 0 Å². The first-order valence-corrected chi connectivity index (χ1v) is 11.1. The number of hydrogen-bond donors (Lipinski definition) is 2. The Morgan fingerprint density at radius 3 is 2.35 bits per heavy atom. The largest absolute Gasteiger partial charge is 0.359 e. The number of carbonyl (C=O) groups is 1. The summed E-state index contributed by atoms with van der Waals surface area (Å²) in [5.74, 6) is 0.627. The van der Waals surface area contributed by atoms with Crippen LogP contribution < -0.4 is 10.6 Å². The predicted molar refractivity (Wildman–Crippen MR) is 129 cm³/mol. The first kappa shape index (κ1) is 21.1. The Kier molecular flexibility index (Phi) is 6.35. The molecule has 0 unspecified atom stereocenters. The molecule has 0 bridgehead atoms. The average molecular weight is 448 g/mol. The topological polar surface area (TPSA) is 54.0 Å². The standard InChI is InChI=1S/C25H22ClN3OS/c1-16-17(2)31-25(29-24(30)19-8-4-3-5-9-19)22(16)23(18-11-13-20(26)14-12-18)28-21-10-6-7-15-27-21/h3-15,23H,1-2H3,(H,27,28)(H,29,30)/t23-/m0/s1. The quantitative estimate of drug-likeness (QED) is 0.339. The molecule has 0 spiro atoms. The van der Waals surface area contributed by atoms with Gasteiger partial charge in [-0.1, -0.05) is 48.0 Å². The number of halogens is 1. The van der Waals surface area contributed by atoms with Crippen LogP contribution in [-0.2, 0) is 0 Å². The van der Waals surface area contributed by atoms with E-state index >= 15 is 0 Å². The van der Waals surface area contributed by atoms with E-state index < -0.39 is 0 Å². The highest BCUT2D eigenvalue weighted by molar-refractivity contribution is 7.16. The fraction of sp³-hybridized carbons (Fsp3) is 0.120. The molecule has 0 fully saturated rings. The summed E-state index contributed by atoms with van der Waals surface area (Å²) < 4.78 is 0. The van der Waals surface area contributed by atoms with Crippen LogP contribution in [-0.4, -0.2) is 10.9 Å². The number of aryl methyl sites for hydroxylation is 1. The van der Waals surface area contributed by atoms with Gasteiger partial charge < -0.3 is 10.6 Å². The van der Waals surface area contributed by atoms with Gasteiger partial charge in [-0.3, -0.25) is 4.79 Å². The highest BCUT2D eigenvalue weighted by Gasteiger charge is 2.25. The van der Waals surface area contributed by atoms with Crippen LogP contribution in [0.1, 0.15) is 38.0 Å². The van der Waals surface area contributed by atoms with Crippen molar-refractivity contribution in [2.24, 2.45) is 0 Å². The number of benzene rings is 2. The fourth-order valence-electron chi connectivity index (χ4n) is 3.42. The molecule has 4 aromatic rings. The minimum absolute atomic E-state index is 0.129. The Labute approximate surface area is 190 Å². The van der Waals surface area contributed by atoms with Gasteiger partial charge in [-0.25, -0.2) is 4.98 Å². The minimum atomic E-state index is -0.205. The molecular formula is C25H22ClN3OS. The van der Waals surface area contributed by atoms with Crippen LogP contribution in [0.3, 0.4) is 0 Å². The van der Waals surface area contributed by atoms with Crippen molar-refractivity contribution in [3.63, 3.8) is 0 Å². The molecule has 1 amide bonds. The lowest BCUT2D eigenvalue weighted by molar-refractivity contribution is 0.102. The minimum Gasteiger partial charge on any atom is -0.359 e. The zero-order valence-electron chi connectivity index (χ0n) is 17.2. The van der Waals surface area contributed by atoms with E-state index in [1.807, 2.05) is 72.8 Å². The van der Waals surface area contributed by atoms with Crippen LogP contribution in [0.2, 0.25) is 5.02 Å². The van der Waals surface area contributed by atoms with Gasteiger partial charge >= 0.3 is 0 Å². The molecule has 0 aliphatic rings. The van der Waals surface area contributed by atoms with Crippen molar-refractivity contribution in [2.75, 3.05) is 10.6 Å². The highest BCUT2D eigenvalue weighted by atomic mass is 35.5. The Morgan fingerprint density at radius 1 is 0.968 bits per heavy atom. The number of hydrogen-bond acceptors (Lipinski definition) is 4. The molecule has 2 aromatic heterocycles. The maximum atomic E-state index is 12.9. The number of pyridine rings is 1. The van der Waals surface area contributed by atoms with Gasteiger partial charge in [-0.05, 0) is 61.4 Å². The van der Waals surface area contributed by atoms with Gasteiger partial charge in [0.1, 0.15) is 10.8 Å². The van der Waals surface area contributed by atoms with Crippen LogP contribution in [0.15, 0.2) is 79.0 Å². The lowest BCUT2D eigenvalue weighted by Gasteiger charge is -2.22. The monoisotopic (exact) mass is 447 g/mol. The molecule has 31 heavy (non-hydrogen) atoms. The molecule has 0 saturated carbocycles. The molecule has 2 N–H and O–H groups in total. The second-order valence-electron chi connectivity index (χ2n) is 7.19.